The number of carbonyl (C=O) groups excluding carboxylic acids is 2. The standard InChI is InChI=1S/C26H22N4O5S/c1-14(24(31)30-26-29-20-11-9-18(34-3)13-22(20)36-26)35-25(32)16-6-10-19-21(12-16)28-23(27-19)15-4-7-17(33-2)8-5-15/h4-14H,1-3H3,(H,27,28)(H,29,30,31). The van der Waals surface area contributed by atoms with Crippen LogP contribution in [-0.4, -0.2) is 47.2 Å². The van der Waals surface area contributed by atoms with Crippen molar-refractivity contribution in [2.45, 2.75) is 13.0 Å². The highest BCUT2D eigenvalue weighted by atomic mass is 32.1. The van der Waals surface area contributed by atoms with Crippen molar-refractivity contribution < 1.29 is 23.8 Å². The lowest BCUT2D eigenvalue weighted by atomic mass is 10.2. The maximum absolute atomic E-state index is 12.7. The van der Waals surface area contributed by atoms with Crippen LogP contribution in [0.5, 0.6) is 11.5 Å². The fourth-order valence-electron chi connectivity index (χ4n) is 3.60. The third kappa shape index (κ3) is 4.71. The molecule has 2 N–H and O–H groups in total. The Balaban J connectivity index is 1.26. The lowest BCUT2D eigenvalue weighted by Gasteiger charge is -2.12. The van der Waals surface area contributed by atoms with Crippen molar-refractivity contribution in [3.05, 3.63) is 66.2 Å². The minimum Gasteiger partial charge on any atom is -0.497 e. The van der Waals surface area contributed by atoms with Gasteiger partial charge in [-0.05, 0) is 67.6 Å². The second-order valence-electron chi connectivity index (χ2n) is 7.94. The van der Waals surface area contributed by atoms with E-state index in [1.807, 2.05) is 36.4 Å². The molecule has 1 unspecified atom stereocenters. The molecular weight excluding hydrogens is 480 g/mol. The largest absolute Gasteiger partial charge is 0.497 e. The zero-order valence-electron chi connectivity index (χ0n) is 19.7. The van der Waals surface area contributed by atoms with E-state index in [9.17, 15) is 9.59 Å². The Labute approximate surface area is 210 Å². The summed E-state index contributed by atoms with van der Waals surface area (Å²) in [5, 5.41) is 3.12. The molecule has 0 fully saturated rings. The molecule has 2 heterocycles. The highest BCUT2D eigenvalue weighted by Gasteiger charge is 2.21. The first-order valence-electron chi connectivity index (χ1n) is 11.0. The average molecular weight is 503 g/mol. The fourth-order valence-corrected chi connectivity index (χ4v) is 4.49. The lowest BCUT2D eigenvalue weighted by molar-refractivity contribution is -0.123. The molecule has 3 aromatic carbocycles. The van der Waals surface area contributed by atoms with E-state index in [0.717, 1.165) is 21.5 Å². The highest BCUT2D eigenvalue weighted by Crippen LogP contribution is 2.29. The van der Waals surface area contributed by atoms with Crippen LogP contribution in [0.15, 0.2) is 60.7 Å². The number of thiazole rings is 1. The molecule has 1 amide bonds. The minimum atomic E-state index is -1.02. The lowest BCUT2D eigenvalue weighted by Crippen LogP contribution is -2.29. The van der Waals surface area contributed by atoms with Crippen LogP contribution in [-0.2, 0) is 9.53 Å². The zero-order chi connectivity index (χ0) is 25.2. The van der Waals surface area contributed by atoms with Gasteiger partial charge in [-0.1, -0.05) is 11.3 Å². The molecule has 0 aliphatic rings. The number of amides is 1. The van der Waals surface area contributed by atoms with Gasteiger partial charge in [-0.15, -0.1) is 0 Å². The monoisotopic (exact) mass is 502 g/mol. The van der Waals surface area contributed by atoms with Gasteiger partial charge in [0.2, 0.25) is 0 Å². The Kier molecular flexibility index (Phi) is 6.26. The molecule has 36 heavy (non-hydrogen) atoms. The Hall–Kier alpha value is -4.44. The predicted molar refractivity (Wildman–Crippen MR) is 138 cm³/mol. The zero-order valence-corrected chi connectivity index (χ0v) is 20.5. The first-order valence-corrected chi connectivity index (χ1v) is 11.9. The second-order valence-corrected chi connectivity index (χ2v) is 8.97. The summed E-state index contributed by atoms with van der Waals surface area (Å²) in [6, 6.07) is 18.0. The molecule has 0 radical (unpaired) electrons. The summed E-state index contributed by atoms with van der Waals surface area (Å²) in [6.45, 7) is 1.51. The number of hydrogen-bond acceptors (Lipinski definition) is 8. The second kappa shape index (κ2) is 9.67. The van der Waals surface area contributed by atoms with Crippen LogP contribution in [0.3, 0.4) is 0 Å². The van der Waals surface area contributed by atoms with Gasteiger partial charge in [-0.2, -0.15) is 0 Å². The Bertz CT molecular complexity index is 1570. The van der Waals surface area contributed by atoms with Gasteiger partial charge in [0.25, 0.3) is 5.91 Å². The van der Waals surface area contributed by atoms with E-state index < -0.39 is 18.0 Å². The Morgan fingerprint density at radius 2 is 1.64 bits per heavy atom. The number of imidazole rings is 1. The molecule has 0 bridgehead atoms. The minimum absolute atomic E-state index is 0.305. The van der Waals surface area contributed by atoms with E-state index in [4.69, 9.17) is 14.2 Å². The van der Waals surface area contributed by atoms with Crippen molar-refractivity contribution in [3.8, 4) is 22.9 Å². The van der Waals surface area contributed by atoms with Crippen molar-refractivity contribution in [1.82, 2.24) is 15.0 Å². The summed E-state index contributed by atoms with van der Waals surface area (Å²) in [4.78, 5) is 37.6. The first kappa shape index (κ1) is 23.3. The summed E-state index contributed by atoms with van der Waals surface area (Å²) in [7, 11) is 3.20. The molecule has 1 atom stereocenters. The van der Waals surface area contributed by atoms with Crippen LogP contribution in [0.4, 0.5) is 5.13 Å². The smallest absolute Gasteiger partial charge is 0.338 e. The van der Waals surface area contributed by atoms with Crippen LogP contribution in [0.1, 0.15) is 17.3 Å². The number of carbonyl (C=O) groups is 2. The number of esters is 1. The molecule has 0 spiro atoms. The van der Waals surface area contributed by atoms with Gasteiger partial charge in [0.05, 0.1) is 41.0 Å². The summed E-state index contributed by atoms with van der Waals surface area (Å²) in [5.74, 6) is 1.03. The molecule has 5 aromatic rings. The SMILES string of the molecule is COc1ccc(-c2nc3ccc(C(=O)OC(C)C(=O)Nc4nc5ccc(OC)cc5s4)cc3[nH]2)cc1. The number of anilines is 1. The molecule has 0 saturated heterocycles. The number of methoxy groups -OCH3 is 2. The first-order chi connectivity index (χ1) is 17.4. The number of hydrogen-bond donors (Lipinski definition) is 2. The quantitative estimate of drug-likeness (QED) is 0.300. The van der Waals surface area contributed by atoms with Crippen molar-refractivity contribution in [1.29, 1.82) is 0 Å². The van der Waals surface area contributed by atoms with E-state index in [-0.39, 0.29) is 0 Å². The third-order valence-corrected chi connectivity index (χ3v) is 6.49. The van der Waals surface area contributed by atoms with E-state index in [1.165, 1.54) is 18.3 Å². The maximum atomic E-state index is 12.7. The highest BCUT2D eigenvalue weighted by molar-refractivity contribution is 7.22. The van der Waals surface area contributed by atoms with E-state index in [0.29, 0.717) is 33.3 Å². The topological polar surface area (TPSA) is 115 Å². The van der Waals surface area contributed by atoms with Gasteiger partial charge in [0, 0.05) is 5.56 Å². The number of aromatic amines is 1. The van der Waals surface area contributed by atoms with Crippen molar-refractivity contribution in [3.63, 3.8) is 0 Å². The molecule has 10 heteroatoms. The molecule has 0 saturated carbocycles. The fraction of sp³-hybridized carbons (Fsp3) is 0.154. The maximum Gasteiger partial charge on any atom is 0.338 e. The van der Waals surface area contributed by atoms with E-state index in [2.05, 4.69) is 20.3 Å². The van der Waals surface area contributed by atoms with Crippen LogP contribution in [0, 0.1) is 0 Å². The number of benzene rings is 3. The Morgan fingerprint density at radius 1 is 0.917 bits per heavy atom. The Morgan fingerprint density at radius 3 is 2.39 bits per heavy atom. The molecule has 182 valence electrons. The van der Waals surface area contributed by atoms with Gasteiger partial charge in [-0.25, -0.2) is 14.8 Å². The molecular formula is C26H22N4O5S. The molecule has 9 nitrogen and oxygen atoms in total. The summed E-state index contributed by atoms with van der Waals surface area (Å²) >= 11 is 1.31. The molecule has 5 rings (SSSR count). The van der Waals surface area contributed by atoms with Gasteiger partial charge >= 0.3 is 5.97 Å². The van der Waals surface area contributed by atoms with Crippen LogP contribution in [0.25, 0.3) is 32.6 Å². The van der Waals surface area contributed by atoms with Crippen LogP contribution >= 0.6 is 11.3 Å². The van der Waals surface area contributed by atoms with Crippen molar-refractivity contribution in [2.24, 2.45) is 0 Å². The average Bonchev–Trinajstić information content (AvgIpc) is 3.51. The van der Waals surface area contributed by atoms with Crippen LogP contribution < -0.4 is 14.8 Å². The summed E-state index contributed by atoms with van der Waals surface area (Å²) in [5.41, 5.74) is 3.31. The van der Waals surface area contributed by atoms with Gasteiger partial charge in [0.15, 0.2) is 11.2 Å². The van der Waals surface area contributed by atoms with Crippen molar-refractivity contribution in [2.75, 3.05) is 19.5 Å². The number of nitrogens with one attached hydrogen (secondary N) is 2. The van der Waals surface area contributed by atoms with Crippen molar-refractivity contribution >= 4 is 49.6 Å². The number of nitrogens with zero attached hydrogens (tertiary/aromatic N) is 2. The molecule has 2 aromatic heterocycles. The number of H-pyrrole nitrogens is 1. The van der Waals surface area contributed by atoms with Gasteiger partial charge in [0.1, 0.15) is 17.3 Å². The number of aromatic nitrogens is 3. The predicted octanol–water partition coefficient (Wildman–Crippen LogP) is 5.04. The third-order valence-electron chi connectivity index (χ3n) is 5.56. The number of ether oxygens (including phenoxy) is 3. The normalized spacial score (nSPS) is 11.9. The number of rotatable bonds is 7. The van der Waals surface area contributed by atoms with Gasteiger partial charge in [-0.3, -0.25) is 10.1 Å². The van der Waals surface area contributed by atoms with Gasteiger partial charge < -0.3 is 19.2 Å². The van der Waals surface area contributed by atoms with E-state index in [1.54, 1.807) is 38.5 Å². The summed E-state index contributed by atoms with van der Waals surface area (Å²) in [6.07, 6.45) is -1.02. The van der Waals surface area contributed by atoms with Crippen LogP contribution in [0.2, 0.25) is 0 Å². The van der Waals surface area contributed by atoms with E-state index >= 15 is 0 Å². The number of fused-ring (bicyclic) bond motifs is 2. The molecule has 0 aliphatic heterocycles. The summed E-state index contributed by atoms with van der Waals surface area (Å²) < 4.78 is 16.7. The molecule has 0 aliphatic carbocycles.